The number of carbonyl (C=O) groups is 2. The van der Waals surface area contributed by atoms with E-state index in [9.17, 15) is 9.59 Å². The van der Waals surface area contributed by atoms with E-state index in [1.165, 1.54) is 13.8 Å². The minimum Gasteiger partial charge on any atom is -1.00 e. The van der Waals surface area contributed by atoms with Gasteiger partial charge in [-0.2, -0.15) is 0 Å². The first-order chi connectivity index (χ1) is 4.84. The molecule has 1 rings (SSSR count). The van der Waals surface area contributed by atoms with Gasteiger partial charge in [0.15, 0.2) is 0 Å². The Labute approximate surface area is 93.7 Å². The van der Waals surface area contributed by atoms with Crippen molar-refractivity contribution in [2.45, 2.75) is 20.3 Å². The van der Waals surface area contributed by atoms with Gasteiger partial charge >= 0.3 is 41.5 Å². The van der Waals surface area contributed by atoms with Crippen molar-refractivity contribution in [1.82, 2.24) is 0 Å². The SMILES string of the molecule is CC1(C(=O)O)CC1(C)C(=O)O.[H-].[Na+]. The van der Waals surface area contributed by atoms with E-state index < -0.39 is 22.8 Å². The molecule has 2 unspecified atom stereocenters. The first-order valence-electron chi connectivity index (χ1n) is 3.31. The van der Waals surface area contributed by atoms with E-state index >= 15 is 0 Å². The van der Waals surface area contributed by atoms with Crippen molar-refractivity contribution < 1.29 is 50.8 Å². The van der Waals surface area contributed by atoms with Gasteiger partial charge in [-0.15, -0.1) is 0 Å². The second-order valence-corrected chi connectivity index (χ2v) is 3.45. The zero-order valence-corrected chi connectivity index (χ0v) is 9.42. The van der Waals surface area contributed by atoms with Gasteiger partial charge in [0.05, 0.1) is 10.8 Å². The molecule has 1 fully saturated rings. The van der Waals surface area contributed by atoms with Crippen molar-refractivity contribution in [2.24, 2.45) is 10.8 Å². The molecule has 0 aromatic heterocycles. The molecule has 64 valence electrons. The van der Waals surface area contributed by atoms with Crippen molar-refractivity contribution in [1.29, 1.82) is 0 Å². The smallest absolute Gasteiger partial charge is 1.00 e. The number of carboxylic acid groups (broad SMARTS) is 2. The van der Waals surface area contributed by atoms with Crippen molar-refractivity contribution in [3.8, 4) is 0 Å². The summed E-state index contributed by atoms with van der Waals surface area (Å²) >= 11 is 0. The fourth-order valence-electron chi connectivity index (χ4n) is 1.29. The molecule has 1 aliphatic carbocycles. The Hall–Kier alpha value is -0.0600. The maximum atomic E-state index is 10.5. The van der Waals surface area contributed by atoms with E-state index in [2.05, 4.69) is 0 Å². The first kappa shape index (κ1) is 11.9. The Bertz CT molecular complexity index is 221. The summed E-state index contributed by atoms with van der Waals surface area (Å²) in [4.78, 5) is 21.1. The zero-order chi connectivity index (χ0) is 8.86. The minimum atomic E-state index is -1.06. The van der Waals surface area contributed by atoms with Crippen LogP contribution in [0.2, 0.25) is 0 Å². The van der Waals surface area contributed by atoms with E-state index in [0.717, 1.165) is 0 Å². The summed E-state index contributed by atoms with van der Waals surface area (Å²) in [6.45, 7) is 2.92. The fraction of sp³-hybridized carbons (Fsp3) is 0.714. The van der Waals surface area contributed by atoms with Crippen LogP contribution in [0.3, 0.4) is 0 Å². The van der Waals surface area contributed by atoms with Crippen LogP contribution < -0.4 is 29.6 Å². The van der Waals surface area contributed by atoms with Crippen molar-refractivity contribution >= 4 is 11.9 Å². The summed E-state index contributed by atoms with van der Waals surface area (Å²) in [6.07, 6.45) is 0.227. The summed E-state index contributed by atoms with van der Waals surface area (Å²) in [6, 6.07) is 0. The molecule has 4 nitrogen and oxygen atoms in total. The second kappa shape index (κ2) is 3.01. The Morgan fingerprint density at radius 1 is 1.17 bits per heavy atom. The van der Waals surface area contributed by atoms with Gasteiger partial charge in [0.2, 0.25) is 0 Å². The van der Waals surface area contributed by atoms with E-state index in [0.29, 0.717) is 0 Å². The third-order valence-corrected chi connectivity index (χ3v) is 2.74. The molecule has 0 aromatic rings. The largest absolute Gasteiger partial charge is 1.00 e. The minimum absolute atomic E-state index is 0. The summed E-state index contributed by atoms with van der Waals surface area (Å²) in [7, 11) is 0. The van der Waals surface area contributed by atoms with Crippen LogP contribution in [0.1, 0.15) is 21.7 Å². The van der Waals surface area contributed by atoms with Gasteiger partial charge in [-0.05, 0) is 20.3 Å². The van der Waals surface area contributed by atoms with Gasteiger partial charge in [-0.3, -0.25) is 9.59 Å². The second-order valence-electron chi connectivity index (χ2n) is 3.45. The van der Waals surface area contributed by atoms with Crippen LogP contribution in [0.25, 0.3) is 0 Å². The molecule has 0 aliphatic heterocycles. The van der Waals surface area contributed by atoms with Crippen molar-refractivity contribution in [2.75, 3.05) is 0 Å². The predicted molar refractivity (Wildman–Crippen MR) is 37.2 cm³/mol. The predicted octanol–water partition coefficient (Wildman–Crippen LogP) is -2.31. The van der Waals surface area contributed by atoms with Crippen LogP contribution in [-0.4, -0.2) is 22.2 Å². The number of rotatable bonds is 2. The quantitative estimate of drug-likeness (QED) is 0.470. The average Bonchev–Trinajstić information content (AvgIpc) is 2.39. The van der Waals surface area contributed by atoms with Gasteiger partial charge in [0, 0.05) is 0 Å². The van der Waals surface area contributed by atoms with Crippen LogP contribution in [0.5, 0.6) is 0 Å². The van der Waals surface area contributed by atoms with E-state index in [-0.39, 0.29) is 37.4 Å². The van der Waals surface area contributed by atoms with Gasteiger partial charge in [-0.25, -0.2) is 0 Å². The summed E-state index contributed by atoms with van der Waals surface area (Å²) in [5, 5.41) is 17.3. The molecule has 0 spiro atoms. The standard InChI is InChI=1S/C7H10O4.Na.H/c1-6(4(8)9)3-7(6,2)5(10)11;;/h3H2,1-2H3,(H,8,9)(H,10,11);;/q;+1;-1. The summed E-state index contributed by atoms with van der Waals surface area (Å²) < 4.78 is 0. The number of hydrogen-bond acceptors (Lipinski definition) is 2. The fourth-order valence-corrected chi connectivity index (χ4v) is 1.29. The van der Waals surface area contributed by atoms with Crippen LogP contribution in [0, 0.1) is 10.8 Å². The third kappa shape index (κ3) is 1.28. The Morgan fingerprint density at radius 3 is 1.50 bits per heavy atom. The van der Waals surface area contributed by atoms with Crippen LogP contribution >= 0.6 is 0 Å². The maximum Gasteiger partial charge on any atom is 1.00 e. The molecule has 12 heavy (non-hydrogen) atoms. The van der Waals surface area contributed by atoms with E-state index in [1.54, 1.807) is 0 Å². The zero-order valence-electron chi connectivity index (χ0n) is 8.42. The van der Waals surface area contributed by atoms with Gasteiger partial charge in [0.1, 0.15) is 0 Å². The molecule has 0 saturated heterocycles. The molecule has 2 atom stereocenters. The van der Waals surface area contributed by atoms with Gasteiger partial charge < -0.3 is 11.6 Å². The normalized spacial score (nSPS) is 38.2. The molecule has 0 radical (unpaired) electrons. The van der Waals surface area contributed by atoms with Crippen molar-refractivity contribution in [3.05, 3.63) is 0 Å². The van der Waals surface area contributed by atoms with Crippen molar-refractivity contribution in [3.63, 3.8) is 0 Å². The molecule has 0 aromatic carbocycles. The molecule has 5 heteroatoms. The molecule has 1 saturated carbocycles. The van der Waals surface area contributed by atoms with Crippen LogP contribution in [-0.2, 0) is 9.59 Å². The number of hydrogen-bond donors (Lipinski definition) is 2. The Balaban J connectivity index is 0. The summed E-state index contributed by atoms with van der Waals surface area (Å²) in [5.74, 6) is -2.05. The molecule has 0 amide bonds. The van der Waals surface area contributed by atoms with Gasteiger partial charge in [-0.1, -0.05) is 0 Å². The molecule has 0 heterocycles. The Morgan fingerprint density at radius 2 is 1.42 bits per heavy atom. The third-order valence-electron chi connectivity index (χ3n) is 2.74. The molecular weight excluding hydrogens is 171 g/mol. The Kier molecular flexibility index (Phi) is 3.00. The van der Waals surface area contributed by atoms with Gasteiger partial charge in [0.25, 0.3) is 0 Å². The first-order valence-corrected chi connectivity index (χ1v) is 3.31. The molecule has 0 bridgehead atoms. The monoisotopic (exact) mass is 182 g/mol. The molecule has 2 N–H and O–H groups in total. The van der Waals surface area contributed by atoms with Crippen LogP contribution in [0.15, 0.2) is 0 Å². The number of carboxylic acids is 2. The summed E-state index contributed by atoms with van der Waals surface area (Å²) in [5.41, 5.74) is -2.11. The maximum absolute atomic E-state index is 10.5. The molecular formula is C7H11NaO4. The van der Waals surface area contributed by atoms with E-state index in [1.807, 2.05) is 0 Å². The van der Waals surface area contributed by atoms with E-state index in [4.69, 9.17) is 10.2 Å². The number of aliphatic carboxylic acids is 2. The molecule has 1 aliphatic rings. The van der Waals surface area contributed by atoms with Crippen LogP contribution in [0.4, 0.5) is 0 Å². The average molecular weight is 182 g/mol. The topological polar surface area (TPSA) is 74.6 Å².